The number of imidazole rings is 1. The molecule has 1 aliphatic rings. The monoisotopic (exact) mass is 493 g/mol. The van der Waals surface area contributed by atoms with Gasteiger partial charge in [-0.05, 0) is 37.3 Å². The highest BCUT2D eigenvalue weighted by molar-refractivity contribution is 7.89. The molecule has 0 unspecified atom stereocenters. The number of aryl methyl sites for hydroxylation is 1. The Morgan fingerprint density at radius 1 is 1.18 bits per heavy atom. The van der Waals surface area contributed by atoms with Crippen molar-refractivity contribution in [3.8, 4) is 5.75 Å². The molecule has 2 aromatic carbocycles. The van der Waals surface area contributed by atoms with E-state index in [9.17, 15) is 13.2 Å². The molecule has 0 bridgehead atoms. The molecular weight excluding hydrogens is 470 g/mol. The van der Waals surface area contributed by atoms with E-state index in [1.807, 2.05) is 11.5 Å². The van der Waals surface area contributed by atoms with Crippen molar-refractivity contribution < 1.29 is 27.4 Å². The summed E-state index contributed by atoms with van der Waals surface area (Å²) in [5.41, 5.74) is 1.28. The number of benzene rings is 2. The van der Waals surface area contributed by atoms with Gasteiger partial charge in [0, 0.05) is 19.6 Å². The maximum atomic E-state index is 13.0. The first-order valence-corrected chi connectivity index (χ1v) is 12.3. The third-order valence-electron chi connectivity index (χ3n) is 5.27. The van der Waals surface area contributed by atoms with Gasteiger partial charge in [-0.3, -0.25) is 0 Å². The van der Waals surface area contributed by atoms with E-state index in [0.29, 0.717) is 55.0 Å². The van der Waals surface area contributed by atoms with Crippen LogP contribution < -0.4 is 4.74 Å². The average Bonchev–Trinajstić information content (AvgIpc) is 3.19. The van der Waals surface area contributed by atoms with Crippen LogP contribution >= 0.6 is 11.6 Å². The molecular formula is C22H24ClN3O6S. The lowest BCUT2D eigenvalue weighted by molar-refractivity contribution is -0.147. The van der Waals surface area contributed by atoms with E-state index in [4.69, 9.17) is 25.8 Å². The molecule has 0 spiro atoms. The minimum Gasteiger partial charge on any atom is -0.480 e. The summed E-state index contributed by atoms with van der Waals surface area (Å²) in [6, 6.07) is 11.7. The fourth-order valence-electron chi connectivity index (χ4n) is 3.60. The molecule has 1 saturated heterocycles. The Morgan fingerprint density at radius 2 is 1.94 bits per heavy atom. The van der Waals surface area contributed by atoms with Crippen LogP contribution in [-0.2, 0) is 37.4 Å². The van der Waals surface area contributed by atoms with Crippen LogP contribution in [0.1, 0.15) is 12.7 Å². The number of sulfonamides is 1. The highest BCUT2D eigenvalue weighted by Gasteiger charge is 2.27. The van der Waals surface area contributed by atoms with E-state index in [2.05, 4.69) is 4.98 Å². The second kappa shape index (κ2) is 10.1. The zero-order valence-corrected chi connectivity index (χ0v) is 19.6. The number of esters is 1. The smallest absolute Gasteiger partial charge is 0.344 e. The minimum absolute atomic E-state index is 0.0707. The first-order valence-electron chi connectivity index (χ1n) is 10.5. The number of carbonyl (C=O) groups excluding carboxylic acids is 1. The number of rotatable bonds is 8. The van der Waals surface area contributed by atoms with Gasteiger partial charge >= 0.3 is 5.97 Å². The predicted molar refractivity (Wildman–Crippen MR) is 122 cm³/mol. The fourth-order valence-corrected chi connectivity index (χ4v) is 5.22. The highest BCUT2D eigenvalue weighted by atomic mass is 35.5. The number of hydrogen-bond acceptors (Lipinski definition) is 7. The van der Waals surface area contributed by atoms with Gasteiger partial charge in [0.05, 0.1) is 34.2 Å². The van der Waals surface area contributed by atoms with Gasteiger partial charge in [-0.25, -0.2) is 18.2 Å². The maximum Gasteiger partial charge on any atom is 0.344 e. The molecule has 2 heterocycles. The van der Waals surface area contributed by atoms with Gasteiger partial charge in [-0.2, -0.15) is 4.31 Å². The standard InChI is InChI=1S/C22H24ClN3O6S/c1-2-26-19-8-7-16(33(28,29)25-9-11-30-12-10-25)13-18(19)24-21(26)14-32-22(27)15-31-20-6-4-3-5-17(20)23/h3-8,13H,2,9-12,14-15H2,1H3. The summed E-state index contributed by atoms with van der Waals surface area (Å²) in [6.07, 6.45) is 0. The lowest BCUT2D eigenvalue weighted by atomic mass is 10.3. The summed E-state index contributed by atoms with van der Waals surface area (Å²) >= 11 is 6.02. The van der Waals surface area contributed by atoms with Crippen LogP contribution in [0.15, 0.2) is 47.4 Å². The Hall–Kier alpha value is -2.66. The van der Waals surface area contributed by atoms with Crippen molar-refractivity contribution in [3.63, 3.8) is 0 Å². The number of hydrogen-bond donors (Lipinski definition) is 0. The van der Waals surface area contributed by atoms with Gasteiger partial charge in [-0.15, -0.1) is 0 Å². The van der Waals surface area contributed by atoms with Crippen molar-refractivity contribution in [2.45, 2.75) is 25.0 Å². The van der Waals surface area contributed by atoms with E-state index >= 15 is 0 Å². The van der Waals surface area contributed by atoms with Crippen molar-refractivity contribution in [1.82, 2.24) is 13.9 Å². The molecule has 4 rings (SSSR count). The summed E-state index contributed by atoms with van der Waals surface area (Å²) in [5, 5.41) is 0.404. The normalized spacial score (nSPS) is 15.0. The molecule has 33 heavy (non-hydrogen) atoms. The van der Waals surface area contributed by atoms with Gasteiger partial charge < -0.3 is 18.8 Å². The Balaban J connectivity index is 1.47. The van der Waals surface area contributed by atoms with E-state index in [1.165, 1.54) is 4.31 Å². The molecule has 11 heteroatoms. The van der Waals surface area contributed by atoms with Crippen LogP contribution in [0.2, 0.25) is 5.02 Å². The number of aromatic nitrogens is 2. The summed E-state index contributed by atoms with van der Waals surface area (Å²) < 4.78 is 45.2. The fraction of sp³-hybridized carbons (Fsp3) is 0.364. The molecule has 3 aromatic rings. The van der Waals surface area contributed by atoms with E-state index in [-0.39, 0.29) is 18.1 Å². The van der Waals surface area contributed by atoms with Crippen molar-refractivity contribution >= 4 is 38.6 Å². The van der Waals surface area contributed by atoms with Gasteiger partial charge in [0.2, 0.25) is 10.0 Å². The third-order valence-corrected chi connectivity index (χ3v) is 7.47. The van der Waals surface area contributed by atoms with Crippen molar-refractivity contribution in [2.75, 3.05) is 32.9 Å². The number of halogens is 1. The predicted octanol–water partition coefficient (Wildman–Crippen LogP) is 2.85. The Bertz CT molecular complexity index is 1250. The van der Waals surface area contributed by atoms with E-state index < -0.39 is 16.0 Å². The molecule has 176 valence electrons. The Labute approximate surface area is 196 Å². The first-order chi connectivity index (χ1) is 15.9. The zero-order valence-electron chi connectivity index (χ0n) is 18.1. The van der Waals surface area contributed by atoms with Crippen molar-refractivity contribution in [2.24, 2.45) is 0 Å². The highest BCUT2D eigenvalue weighted by Crippen LogP contribution is 2.25. The average molecular weight is 494 g/mol. The second-order valence-corrected chi connectivity index (χ2v) is 9.66. The first kappa shape index (κ1) is 23.5. The molecule has 1 aliphatic heterocycles. The van der Waals surface area contributed by atoms with Crippen LogP contribution in [-0.4, -0.2) is 61.2 Å². The third kappa shape index (κ3) is 5.14. The summed E-state index contributed by atoms with van der Waals surface area (Å²) in [4.78, 5) is 16.9. The van der Waals surface area contributed by atoms with Crippen LogP contribution in [0.3, 0.4) is 0 Å². The number of morpholine rings is 1. The van der Waals surface area contributed by atoms with Crippen molar-refractivity contribution in [1.29, 1.82) is 0 Å². The minimum atomic E-state index is -3.64. The van der Waals surface area contributed by atoms with E-state index in [0.717, 1.165) is 5.52 Å². The lowest BCUT2D eigenvalue weighted by Crippen LogP contribution is -2.40. The van der Waals surface area contributed by atoms with Gasteiger partial charge in [0.1, 0.15) is 18.2 Å². The topological polar surface area (TPSA) is 100.0 Å². The lowest BCUT2D eigenvalue weighted by Gasteiger charge is -2.26. The Morgan fingerprint density at radius 3 is 2.67 bits per heavy atom. The van der Waals surface area contributed by atoms with Crippen LogP contribution in [0.5, 0.6) is 5.75 Å². The number of carbonyl (C=O) groups is 1. The molecule has 0 N–H and O–H groups in total. The number of ether oxygens (including phenoxy) is 3. The number of para-hydroxylation sites is 1. The zero-order chi connectivity index (χ0) is 23.4. The second-order valence-electron chi connectivity index (χ2n) is 7.32. The number of nitrogens with zero attached hydrogens (tertiary/aromatic N) is 3. The van der Waals surface area contributed by atoms with Crippen LogP contribution in [0.25, 0.3) is 11.0 Å². The van der Waals surface area contributed by atoms with Crippen LogP contribution in [0.4, 0.5) is 0 Å². The number of fused-ring (bicyclic) bond motifs is 1. The Kier molecular flexibility index (Phi) is 7.18. The molecule has 9 nitrogen and oxygen atoms in total. The van der Waals surface area contributed by atoms with Gasteiger partial charge in [-0.1, -0.05) is 23.7 Å². The molecule has 0 amide bonds. The van der Waals surface area contributed by atoms with E-state index in [1.54, 1.807) is 42.5 Å². The maximum absolute atomic E-state index is 13.0. The van der Waals surface area contributed by atoms with Gasteiger partial charge in [0.25, 0.3) is 0 Å². The molecule has 0 saturated carbocycles. The van der Waals surface area contributed by atoms with Crippen LogP contribution in [0, 0.1) is 0 Å². The molecule has 0 radical (unpaired) electrons. The SMILES string of the molecule is CCn1c(COC(=O)COc2ccccc2Cl)nc2cc(S(=O)(=O)N3CCOCC3)ccc21. The van der Waals surface area contributed by atoms with Crippen molar-refractivity contribution in [3.05, 3.63) is 53.3 Å². The summed E-state index contributed by atoms with van der Waals surface area (Å²) in [5.74, 6) is 0.339. The quantitative estimate of drug-likeness (QED) is 0.445. The summed E-state index contributed by atoms with van der Waals surface area (Å²) in [7, 11) is -3.64. The van der Waals surface area contributed by atoms with Gasteiger partial charge in [0.15, 0.2) is 6.61 Å². The largest absolute Gasteiger partial charge is 0.480 e. The molecule has 0 aliphatic carbocycles. The molecule has 1 fully saturated rings. The molecule has 0 atom stereocenters. The molecule has 1 aromatic heterocycles. The summed E-state index contributed by atoms with van der Waals surface area (Å²) in [6.45, 7) is 3.54.